The van der Waals surface area contributed by atoms with Crippen molar-refractivity contribution in [1.82, 2.24) is 0 Å². The summed E-state index contributed by atoms with van der Waals surface area (Å²) in [6.07, 6.45) is 5.01. The number of unbranched alkanes of at least 4 members (excludes halogenated alkanes) is 10. The quantitative estimate of drug-likeness (QED) is 0.0107. The average molecular weight is 962 g/mol. The van der Waals surface area contributed by atoms with Gasteiger partial charge in [-0.15, -0.1) is 0 Å². The molecule has 5 aromatic rings. The van der Waals surface area contributed by atoms with Gasteiger partial charge in [0.2, 0.25) is 11.5 Å². The molecule has 0 N–H and O–H groups in total. The zero-order valence-corrected chi connectivity index (χ0v) is 38.2. The summed E-state index contributed by atoms with van der Waals surface area (Å²) in [5.41, 5.74) is -3.00. The van der Waals surface area contributed by atoms with Gasteiger partial charge in [0.05, 0.1) is 51.8 Å². The van der Waals surface area contributed by atoms with Crippen LogP contribution in [0.3, 0.4) is 0 Å². The molecule has 0 aliphatic rings. The molecule has 0 atom stereocenters. The molecule has 69 heavy (non-hydrogen) atoms. The van der Waals surface area contributed by atoms with Crippen LogP contribution in [0.25, 0.3) is 0 Å². The van der Waals surface area contributed by atoms with E-state index in [4.69, 9.17) is 18.9 Å². The van der Waals surface area contributed by atoms with Crippen LogP contribution in [-0.2, 0) is 12.4 Å². The second-order valence-electron chi connectivity index (χ2n) is 16.0. The maximum Gasteiger partial charge on any atom is 0.418 e. The smallest absolute Gasteiger partial charge is 0.418 e. The van der Waals surface area contributed by atoms with Gasteiger partial charge >= 0.3 is 30.0 Å². The lowest BCUT2D eigenvalue weighted by atomic mass is 10.1. The minimum Gasteiger partial charge on any atom is -0.494 e. The van der Waals surface area contributed by atoms with Crippen molar-refractivity contribution in [3.05, 3.63) is 147 Å². The Bertz CT molecular complexity index is 2380. The molecule has 366 valence electrons. The van der Waals surface area contributed by atoms with E-state index < -0.39 is 57.5 Å². The Labute approximate surface area is 396 Å². The van der Waals surface area contributed by atoms with Crippen LogP contribution >= 0.6 is 0 Å². The third-order valence-corrected chi connectivity index (χ3v) is 10.6. The van der Waals surface area contributed by atoms with Crippen LogP contribution in [0.5, 0.6) is 23.0 Å². The van der Waals surface area contributed by atoms with E-state index in [1.165, 1.54) is 91.3 Å². The van der Waals surface area contributed by atoms with Crippen molar-refractivity contribution in [3.8, 4) is 23.0 Å². The van der Waals surface area contributed by atoms with E-state index in [9.17, 15) is 46.0 Å². The molecule has 0 fully saturated rings. The number of alkyl halides is 6. The molecule has 17 heteroatoms. The number of nitro benzene ring substituents is 1. The summed E-state index contributed by atoms with van der Waals surface area (Å²) in [7, 11) is 0. The number of esters is 2. The van der Waals surface area contributed by atoms with Crippen LogP contribution in [0.2, 0.25) is 0 Å². The van der Waals surface area contributed by atoms with Gasteiger partial charge < -0.3 is 18.9 Å². The van der Waals surface area contributed by atoms with Gasteiger partial charge in [-0.1, -0.05) is 108 Å². The van der Waals surface area contributed by atoms with Crippen molar-refractivity contribution >= 4 is 41.4 Å². The van der Waals surface area contributed by atoms with Gasteiger partial charge in [0.25, 0.3) is 0 Å². The van der Waals surface area contributed by atoms with Crippen molar-refractivity contribution in [3.63, 3.8) is 0 Å². The topological polar surface area (TPSA) is 139 Å². The van der Waals surface area contributed by atoms with Gasteiger partial charge in [-0.25, -0.2) is 9.59 Å². The molecular formula is C52H53F6N3O8. The number of nitrogens with zero attached hydrogens (tertiary/aromatic N) is 3. The molecule has 0 saturated heterocycles. The first-order valence-electron chi connectivity index (χ1n) is 22.8. The highest BCUT2D eigenvalue weighted by atomic mass is 19.4. The van der Waals surface area contributed by atoms with Crippen molar-refractivity contribution in [1.29, 1.82) is 0 Å². The molecule has 11 nitrogen and oxygen atoms in total. The van der Waals surface area contributed by atoms with E-state index in [1.54, 1.807) is 0 Å². The zero-order chi connectivity index (χ0) is 49.8. The highest BCUT2D eigenvalue weighted by molar-refractivity contribution is 5.95. The normalized spacial score (nSPS) is 11.8. The lowest BCUT2D eigenvalue weighted by molar-refractivity contribution is -0.386. The Morgan fingerprint density at radius 3 is 1.29 bits per heavy atom. The predicted molar refractivity (Wildman–Crippen MR) is 251 cm³/mol. The monoisotopic (exact) mass is 961 g/mol. The van der Waals surface area contributed by atoms with Gasteiger partial charge in [0, 0.05) is 12.4 Å². The molecule has 0 aliphatic heterocycles. The first kappa shape index (κ1) is 52.9. The Morgan fingerprint density at radius 1 is 0.551 bits per heavy atom. The van der Waals surface area contributed by atoms with Crippen molar-refractivity contribution in [2.24, 2.45) is 9.98 Å². The summed E-state index contributed by atoms with van der Waals surface area (Å²) in [5, 5.41) is 12.2. The first-order chi connectivity index (χ1) is 33.1. The molecule has 0 spiro atoms. The fraction of sp³-hybridized carbons (Fsp3) is 0.346. The molecule has 5 rings (SSSR count). The van der Waals surface area contributed by atoms with E-state index >= 15 is 0 Å². The number of hydrogen-bond acceptors (Lipinski definition) is 10. The van der Waals surface area contributed by atoms with Crippen LogP contribution in [0.15, 0.2) is 113 Å². The van der Waals surface area contributed by atoms with E-state index in [0.717, 1.165) is 101 Å². The van der Waals surface area contributed by atoms with Crippen molar-refractivity contribution < 1.29 is 59.8 Å². The largest absolute Gasteiger partial charge is 0.494 e. The Balaban J connectivity index is 1.19. The summed E-state index contributed by atoms with van der Waals surface area (Å²) < 4.78 is 106. The van der Waals surface area contributed by atoms with Crippen LogP contribution in [0.4, 0.5) is 43.4 Å². The lowest BCUT2D eigenvalue weighted by Crippen LogP contribution is -2.12. The third-order valence-electron chi connectivity index (χ3n) is 10.6. The molecule has 0 bridgehead atoms. The summed E-state index contributed by atoms with van der Waals surface area (Å²) in [6.45, 7) is 4.81. The molecule has 0 saturated carbocycles. The molecule has 0 aromatic heterocycles. The second-order valence-corrected chi connectivity index (χ2v) is 16.0. The van der Waals surface area contributed by atoms with Crippen LogP contribution in [0, 0.1) is 10.1 Å². The van der Waals surface area contributed by atoms with E-state index in [-0.39, 0.29) is 34.0 Å². The maximum atomic E-state index is 14.0. The highest BCUT2D eigenvalue weighted by Crippen LogP contribution is 2.41. The third kappa shape index (κ3) is 16.6. The minimum absolute atomic E-state index is 0.0743. The Kier molecular flexibility index (Phi) is 19.9. The fourth-order valence-electron chi connectivity index (χ4n) is 6.90. The van der Waals surface area contributed by atoms with Crippen LogP contribution in [0.1, 0.15) is 134 Å². The highest BCUT2D eigenvalue weighted by Gasteiger charge is 2.35. The number of carbonyl (C=O) groups excluding carboxylic acids is 2. The van der Waals surface area contributed by atoms with Gasteiger partial charge in [-0.2, -0.15) is 26.3 Å². The van der Waals surface area contributed by atoms with Gasteiger partial charge in [-0.05, 0) is 96.8 Å². The number of halogens is 6. The Morgan fingerprint density at radius 2 is 0.928 bits per heavy atom. The van der Waals surface area contributed by atoms with E-state index in [1.807, 2.05) is 0 Å². The summed E-state index contributed by atoms with van der Waals surface area (Å²) in [4.78, 5) is 45.6. The van der Waals surface area contributed by atoms with Gasteiger partial charge in [0.15, 0.2) is 0 Å². The van der Waals surface area contributed by atoms with Crippen molar-refractivity contribution in [2.45, 2.75) is 103 Å². The molecule has 0 unspecified atom stereocenters. The van der Waals surface area contributed by atoms with E-state index in [2.05, 4.69) is 23.8 Å². The minimum atomic E-state index is -4.71. The zero-order valence-electron chi connectivity index (χ0n) is 38.2. The number of rotatable bonds is 25. The van der Waals surface area contributed by atoms with Crippen molar-refractivity contribution in [2.75, 3.05) is 13.2 Å². The lowest BCUT2D eigenvalue weighted by Gasteiger charge is -2.13. The van der Waals surface area contributed by atoms with Crippen LogP contribution in [-0.4, -0.2) is 42.5 Å². The summed E-state index contributed by atoms with van der Waals surface area (Å²) in [6, 6.07) is 21.3. The molecule has 0 heterocycles. The standard InChI is InChI=1S/C52H53F6N3O8/c1-3-5-7-9-11-13-30-66-40-26-28-44(42(32-40)51(53,54)55)59-34-36-18-22-38(23-19-36)49(62)68-46-16-15-17-47(48(46)61(64)65)69-50(63)39-24-20-37(21-25-39)35-60-45-29-27-41(33-43(45)52(56,57)58)67-31-14-12-10-8-6-4-2/h15-29,32-35H,3-14,30-31H2,1-2H3. The first-order valence-corrected chi connectivity index (χ1v) is 22.8. The molecule has 0 aliphatic carbocycles. The number of para-hydroxylation sites is 1. The number of hydrogen-bond donors (Lipinski definition) is 0. The fourth-order valence-corrected chi connectivity index (χ4v) is 6.90. The number of ether oxygens (including phenoxy) is 4. The molecule has 0 radical (unpaired) electrons. The SMILES string of the molecule is CCCCCCCCOc1ccc(N=Cc2ccc(C(=O)Oc3cccc(OC(=O)c4ccc(C=Nc5ccc(OCCCCCCCC)cc5C(F)(F)F)cc4)c3[N+](=O)[O-])cc2)c(C(F)(F)F)c1. The van der Waals surface area contributed by atoms with Crippen LogP contribution < -0.4 is 18.9 Å². The molecule has 5 aromatic carbocycles. The summed E-state index contributed by atoms with van der Waals surface area (Å²) >= 11 is 0. The van der Waals surface area contributed by atoms with E-state index in [0.29, 0.717) is 24.3 Å². The predicted octanol–water partition coefficient (Wildman–Crippen LogP) is 15.1. The van der Waals surface area contributed by atoms with Gasteiger partial charge in [0.1, 0.15) is 11.5 Å². The number of nitro groups is 1. The number of benzene rings is 5. The molecular weight excluding hydrogens is 909 g/mol. The number of aliphatic imine (C=N–C) groups is 2. The molecule has 0 amide bonds. The summed E-state index contributed by atoms with van der Waals surface area (Å²) in [5.74, 6) is -3.02. The average Bonchev–Trinajstić information content (AvgIpc) is 3.32. The Hall–Kier alpha value is -7.04. The maximum absolute atomic E-state index is 14.0. The second kappa shape index (κ2) is 25.9. The number of carbonyl (C=O) groups is 2. The van der Waals surface area contributed by atoms with Gasteiger partial charge in [-0.3, -0.25) is 20.1 Å².